The third kappa shape index (κ3) is 3.36. The SMILES string of the molecule is COc1ccc(-c2c[nH]nc2-c2cc(OC)c(OC)c(OC)c2)cc1OC. The number of H-pyrrole nitrogens is 1. The summed E-state index contributed by atoms with van der Waals surface area (Å²) in [6.45, 7) is 0. The van der Waals surface area contributed by atoms with Crippen molar-refractivity contribution in [2.75, 3.05) is 35.5 Å². The van der Waals surface area contributed by atoms with Gasteiger partial charge in [0.15, 0.2) is 23.0 Å². The lowest BCUT2D eigenvalue weighted by Crippen LogP contribution is -1.96. The lowest BCUT2D eigenvalue weighted by atomic mass is 10.0. The van der Waals surface area contributed by atoms with Crippen LogP contribution in [0.15, 0.2) is 36.5 Å². The predicted molar refractivity (Wildman–Crippen MR) is 102 cm³/mol. The van der Waals surface area contributed by atoms with E-state index >= 15 is 0 Å². The minimum Gasteiger partial charge on any atom is -0.493 e. The number of rotatable bonds is 7. The Kier molecular flexibility index (Phi) is 5.40. The van der Waals surface area contributed by atoms with Gasteiger partial charge in [-0.1, -0.05) is 6.07 Å². The highest BCUT2D eigenvalue weighted by Gasteiger charge is 2.18. The number of aromatic amines is 1. The summed E-state index contributed by atoms with van der Waals surface area (Å²) in [6, 6.07) is 9.45. The Morgan fingerprint density at radius 2 is 1.26 bits per heavy atom. The first-order valence-corrected chi connectivity index (χ1v) is 8.23. The third-order valence-electron chi connectivity index (χ3n) is 4.27. The molecule has 7 heteroatoms. The summed E-state index contributed by atoms with van der Waals surface area (Å²) in [5.41, 5.74) is 3.42. The van der Waals surface area contributed by atoms with E-state index in [-0.39, 0.29) is 0 Å². The highest BCUT2D eigenvalue weighted by Crippen LogP contribution is 2.43. The number of ether oxygens (including phenoxy) is 5. The van der Waals surface area contributed by atoms with Crippen LogP contribution in [0.4, 0.5) is 0 Å². The van der Waals surface area contributed by atoms with Crippen molar-refractivity contribution in [3.8, 4) is 51.1 Å². The molecule has 0 saturated carbocycles. The van der Waals surface area contributed by atoms with Crippen LogP contribution in [0.5, 0.6) is 28.7 Å². The Morgan fingerprint density at radius 3 is 1.81 bits per heavy atom. The second-order valence-electron chi connectivity index (χ2n) is 5.63. The molecule has 3 aromatic rings. The molecule has 3 rings (SSSR count). The van der Waals surface area contributed by atoms with Crippen LogP contribution in [0.25, 0.3) is 22.4 Å². The van der Waals surface area contributed by atoms with E-state index in [1.807, 2.05) is 36.5 Å². The number of hydrogen-bond acceptors (Lipinski definition) is 6. The van der Waals surface area contributed by atoms with E-state index in [0.717, 1.165) is 22.4 Å². The zero-order valence-electron chi connectivity index (χ0n) is 16.0. The van der Waals surface area contributed by atoms with E-state index in [1.165, 1.54) is 0 Å². The number of nitrogens with one attached hydrogen (secondary N) is 1. The Balaban J connectivity index is 2.13. The van der Waals surface area contributed by atoms with Gasteiger partial charge in [0.25, 0.3) is 0 Å². The summed E-state index contributed by atoms with van der Waals surface area (Å²) < 4.78 is 27.0. The summed E-state index contributed by atoms with van der Waals surface area (Å²) in [5, 5.41) is 7.35. The smallest absolute Gasteiger partial charge is 0.203 e. The number of hydrogen-bond donors (Lipinski definition) is 1. The van der Waals surface area contributed by atoms with E-state index in [2.05, 4.69) is 10.2 Å². The van der Waals surface area contributed by atoms with Crippen molar-refractivity contribution in [3.05, 3.63) is 36.5 Å². The van der Waals surface area contributed by atoms with Crippen molar-refractivity contribution < 1.29 is 23.7 Å². The molecule has 0 aliphatic rings. The Bertz CT molecular complexity index is 911. The molecule has 1 aromatic heterocycles. The molecule has 0 bridgehead atoms. The molecule has 0 radical (unpaired) electrons. The van der Waals surface area contributed by atoms with Crippen LogP contribution < -0.4 is 23.7 Å². The Labute approximate surface area is 157 Å². The quantitative estimate of drug-likeness (QED) is 0.682. The largest absolute Gasteiger partial charge is 0.493 e. The zero-order chi connectivity index (χ0) is 19.4. The lowest BCUT2D eigenvalue weighted by molar-refractivity contribution is 0.324. The molecule has 1 N–H and O–H groups in total. The van der Waals surface area contributed by atoms with E-state index in [4.69, 9.17) is 23.7 Å². The normalized spacial score (nSPS) is 10.4. The summed E-state index contributed by atoms with van der Waals surface area (Å²) in [4.78, 5) is 0. The molecule has 0 saturated heterocycles. The van der Waals surface area contributed by atoms with E-state index in [0.29, 0.717) is 28.7 Å². The van der Waals surface area contributed by atoms with Crippen LogP contribution in [0.3, 0.4) is 0 Å². The van der Waals surface area contributed by atoms with E-state index < -0.39 is 0 Å². The molecule has 7 nitrogen and oxygen atoms in total. The van der Waals surface area contributed by atoms with Crippen LogP contribution in [-0.4, -0.2) is 45.7 Å². The second-order valence-corrected chi connectivity index (χ2v) is 5.63. The number of benzene rings is 2. The molecule has 142 valence electrons. The fraction of sp³-hybridized carbons (Fsp3) is 0.250. The highest BCUT2D eigenvalue weighted by atomic mass is 16.5. The molecule has 0 aliphatic carbocycles. The predicted octanol–water partition coefficient (Wildman–Crippen LogP) is 3.79. The van der Waals surface area contributed by atoms with Crippen LogP contribution in [0, 0.1) is 0 Å². The van der Waals surface area contributed by atoms with Gasteiger partial charge in [0.1, 0.15) is 5.69 Å². The van der Waals surface area contributed by atoms with Crippen LogP contribution in [-0.2, 0) is 0 Å². The first kappa shape index (κ1) is 18.4. The minimum absolute atomic E-state index is 0.534. The minimum atomic E-state index is 0.534. The Hall–Kier alpha value is -3.35. The summed E-state index contributed by atoms with van der Waals surface area (Å²) in [5.74, 6) is 2.97. The van der Waals surface area contributed by atoms with Gasteiger partial charge in [-0.15, -0.1) is 0 Å². The first-order valence-electron chi connectivity index (χ1n) is 8.23. The van der Waals surface area contributed by atoms with Gasteiger partial charge in [0.2, 0.25) is 5.75 Å². The standard InChI is InChI=1S/C20H22N2O5/c1-23-15-7-6-12(8-16(15)24-2)14-11-21-22-19(14)13-9-17(25-3)20(27-5)18(10-13)26-4/h6-11H,1-5H3,(H,21,22). The molecule has 0 spiro atoms. The van der Waals surface area contributed by atoms with Crippen molar-refractivity contribution in [2.45, 2.75) is 0 Å². The van der Waals surface area contributed by atoms with Crippen molar-refractivity contribution >= 4 is 0 Å². The molecule has 0 unspecified atom stereocenters. The maximum atomic E-state index is 5.45. The van der Waals surface area contributed by atoms with Crippen molar-refractivity contribution in [3.63, 3.8) is 0 Å². The molecule has 27 heavy (non-hydrogen) atoms. The Morgan fingerprint density at radius 1 is 0.667 bits per heavy atom. The van der Waals surface area contributed by atoms with Gasteiger partial charge in [0.05, 0.1) is 35.5 Å². The lowest BCUT2D eigenvalue weighted by Gasteiger charge is -2.14. The summed E-state index contributed by atoms with van der Waals surface area (Å²) in [7, 11) is 7.96. The molecule has 0 amide bonds. The molecule has 0 fully saturated rings. The fourth-order valence-electron chi connectivity index (χ4n) is 2.95. The van der Waals surface area contributed by atoms with E-state index in [9.17, 15) is 0 Å². The molecule has 2 aromatic carbocycles. The number of methoxy groups -OCH3 is 5. The zero-order valence-corrected chi connectivity index (χ0v) is 16.0. The van der Waals surface area contributed by atoms with Crippen LogP contribution >= 0.6 is 0 Å². The molecule has 1 heterocycles. The fourth-order valence-corrected chi connectivity index (χ4v) is 2.95. The van der Waals surface area contributed by atoms with E-state index in [1.54, 1.807) is 35.5 Å². The number of nitrogens with zero attached hydrogens (tertiary/aromatic N) is 1. The van der Waals surface area contributed by atoms with Gasteiger partial charge in [-0.05, 0) is 29.8 Å². The second kappa shape index (κ2) is 7.90. The van der Waals surface area contributed by atoms with Crippen molar-refractivity contribution in [2.24, 2.45) is 0 Å². The van der Waals surface area contributed by atoms with Gasteiger partial charge >= 0.3 is 0 Å². The van der Waals surface area contributed by atoms with Gasteiger partial charge < -0.3 is 23.7 Å². The van der Waals surface area contributed by atoms with Gasteiger partial charge in [-0.3, -0.25) is 5.10 Å². The summed E-state index contributed by atoms with van der Waals surface area (Å²) >= 11 is 0. The van der Waals surface area contributed by atoms with Gasteiger partial charge in [-0.2, -0.15) is 5.10 Å². The first-order chi connectivity index (χ1) is 13.2. The molecular weight excluding hydrogens is 348 g/mol. The third-order valence-corrected chi connectivity index (χ3v) is 4.27. The van der Waals surface area contributed by atoms with Crippen molar-refractivity contribution in [1.29, 1.82) is 0 Å². The van der Waals surface area contributed by atoms with Crippen molar-refractivity contribution in [1.82, 2.24) is 10.2 Å². The molecular formula is C20H22N2O5. The maximum absolute atomic E-state index is 5.45. The molecule has 0 atom stereocenters. The monoisotopic (exact) mass is 370 g/mol. The van der Waals surface area contributed by atoms with Gasteiger partial charge in [0, 0.05) is 17.3 Å². The topological polar surface area (TPSA) is 74.8 Å². The van der Waals surface area contributed by atoms with Gasteiger partial charge in [-0.25, -0.2) is 0 Å². The average molecular weight is 370 g/mol. The average Bonchev–Trinajstić information content (AvgIpc) is 3.21. The van der Waals surface area contributed by atoms with Crippen LogP contribution in [0.1, 0.15) is 0 Å². The molecule has 0 aliphatic heterocycles. The van der Waals surface area contributed by atoms with Crippen LogP contribution in [0.2, 0.25) is 0 Å². The highest BCUT2D eigenvalue weighted by molar-refractivity contribution is 5.83. The summed E-state index contributed by atoms with van der Waals surface area (Å²) in [6.07, 6.45) is 1.83. The maximum Gasteiger partial charge on any atom is 0.203 e. The number of aromatic nitrogens is 2.